The smallest absolute Gasteiger partial charge is 0.416 e. The molecule has 0 aliphatic carbocycles. The van der Waals surface area contributed by atoms with Crippen molar-refractivity contribution in [3.8, 4) is 0 Å². The predicted octanol–water partition coefficient (Wildman–Crippen LogP) is 4.00. The Morgan fingerprint density at radius 2 is 2.10 bits per heavy atom. The van der Waals surface area contributed by atoms with E-state index in [9.17, 15) is 18.0 Å². The Hall–Kier alpha value is -2.09. The van der Waals surface area contributed by atoms with E-state index in [2.05, 4.69) is 15.0 Å². The van der Waals surface area contributed by atoms with Crippen molar-refractivity contribution in [2.75, 3.05) is 12.4 Å². The van der Waals surface area contributed by atoms with E-state index in [1.807, 2.05) is 0 Å². The lowest BCUT2D eigenvalue weighted by Gasteiger charge is -2.12. The Balaban J connectivity index is 2.24. The molecule has 2 rings (SSSR count). The maximum atomic E-state index is 12.8. The van der Waals surface area contributed by atoms with Gasteiger partial charge in [0.2, 0.25) is 0 Å². The van der Waals surface area contributed by atoms with E-state index >= 15 is 0 Å². The SMILES string of the molecule is COC(=O)c1csc(Nc2ccc(C)c(C(F)(F)F)c2)n1. The number of carbonyl (C=O) groups excluding carboxylic acids is 1. The van der Waals surface area contributed by atoms with Gasteiger partial charge in [0.05, 0.1) is 12.7 Å². The Morgan fingerprint density at radius 1 is 1.38 bits per heavy atom. The molecule has 0 spiro atoms. The summed E-state index contributed by atoms with van der Waals surface area (Å²) in [5.41, 5.74) is -0.216. The number of ether oxygens (including phenoxy) is 1. The number of carbonyl (C=O) groups is 1. The third kappa shape index (κ3) is 3.52. The molecule has 0 aliphatic rings. The number of alkyl halides is 3. The first kappa shape index (κ1) is 15.3. The second kappa shape index (κ2) is 5.72. The molecule has 112 valence electrons. The van der Waals surface area contributed by atoms with Crippen LogP contribution in [0, 0.1) is 6.92 Å². The van der Waals surface area contributed by atoms with Gasteiger partial charge in [0.1, 0.15) is 0 Å². The summed E-state index contributed by atoms with van der Waals surface area (Å²) in [7, 11) is 1.23. The van der Waals surface area contributed by atoms with Crippen molar-refractivity contribution in [3.63, 3.8) is 0 Å². The zero-order valence-corrected chi connectivity index (χ0v) is 11.9. The minimum atomic E-state index is -4.41. The molecule has 0 saturated heterocycles. The Morgan fingerprint density at radius 3 is 2.71 bits per heavy atom. The Kier molecular flexibility index (Phi) is 4.17. The summed E-state index contributed by atoms with van der Waals surface area (Å²) >= 11 is 1.10. The van der Waals surface area contributed by atoms with Crippen LogP contribution in [0.4, 0.5) is 24.0 Å². The number of hydrogen-bond acceptors (Lipinski definition) is 5. The molecule has 0 atom stereocenters. The highest BCUT2D eigenvalue weighted by Crippen LogP contribution is 2.34. The topological polar surface area (TPSA) is 51.2 Å². The van der Waals surface area contributed by atoms with Crippen molar-refractivity contribution in [3.05, 3.63) is 40.4 Å². The molecule has 21 heavy (non-hydrogen) atoms. The van der Waals surface area contributed by atoms with Gasteiger partial charge in [-0.2, -0.15) is 13.2 Å². The maximum absolute atomic E-state index is 12.8. The van der Waals surface area contributed by atoms with Crippen molar-refractivity contribution in [1.29, 1.82) is 0 Å². The molecule has 0 bridgehead atoms. The first-order valence-electron chi connectivity index (χ1n) is 5.80. The molecular formula is C13H11F3N2O2S. The molecule has 0 unspecified atom stereocenters. The maximum Gasteiger partial charge on any atom is 0.416 e. The zero-order valence-electron chi connectivity index (χ0n) is 11.1. The molecule has 1 N–H and O–H groups in total. The number of nitrogens with zero attached hydrogens (tertiary/aromatic N) is 1. The highest BCUT2D eigenvalue weighted by molar-refractivity contribution is 7.14. The first-order valence-corrected chi connectivity index (χ1v) is 6.68. The van der Waals surface area contributed by atoms with Crippen LogP contribution in [0.3, 0.4) is 0 Å². The van der Waals surface area contributed by atoms with Crippen LogP contribution in [0.5, 0.6) is 0 Å². The lowest BCUT2D eigenvalue weighted by molar-refractivity contribution is -0.138. The number of thiazole rings is 1. The largest absolute Gasteiger partial charge is 0.464 e. The van der Waals surface area contributed by atoms with Crippen molar-refractivity contribution in [1.82, 2.24) is 4.98 Å². The van der Waals surface area contributed by atoms with Gasteiger partial charge in [-0.25, -0.2) is 9.78 Å². The van der Waals surface area contributed by atoms with E-state index in [1.165, 1.54) is 31.5 Å². The number of aromatic nitrogens is 1. The van der Waals surface area contributed by atoms with Gasteiger partial charge < -0.3 is 10.1 Å². The van der Waals surface area contributed by atoms with Gasteiger partial charge in [-0.15, -0.1) is 11.3 Å². The second-order valence-corrected chi connectivity index (χ2v) is 5.04. The molecule has 0 amide bonds. The number of esters is 1. The normalized spacial score (nSPS) is 11.3. The monoisotopic (exact) mass is 316 g/mol. The molecule has 1 aromatic carbocycles. The van der Waals surface area contributed by atoms with Gasteiger partial charge in [0.25, 0.3) is 0 Å². The van der Waals surface area contributed by atoms with Crippen molar-refractivity contribution in [2.45, 2.75) is 13.1 Å². The van der Waals surface area contributed by atoms with Crippen LogP contribution in [-0.4, -0.2) is 18.1 Å². The van der Waals surface area contributed by atoms with Gasteiger partial charge >= 0.3 is 12.1 Å². The number of aryl methyl sites for hydroxylation is 1. The second-order valence-electron chi connectivity index (χ2n) is 4.18. The molecule has 2 aromatic rings. The molecule has 4 nitrogen and oxygen atoms in total. The Bertz CT molecular complexity index is 668. The molecule has 1 heterocycles. The van der Waals surface area contributed by atoms with Gasteiger partial charge in [0, 0.05) is 11.1 Å². The molecule has 0 saturated carbocycles. The average molecular weight is 316 g/mol. The first-order chi connectivity index (χ1) is 9.81. The number of hydrogen-bond donors (Lipinski definition) is 1. The third-order valence-corrected chi connectivity index (χ3v) is 3.45. The molecule has 1 aromatic heterocycles. The standard InChI is InChI=1S/C13H11F3N2O2S/c1-7-3-4-8(5-9(7)13(14,15)16)17-12-18-10(6-21-12)11(19)20-2/h3-6H,1-2H3,(H,17,18). The quantitative estimate of drug-likeness (QED) is 0.870. The molecule has 0 aliphatic heterocycles. The summed E-state index contributed by atoms with van der Waals surface area (Å²) in [5.74, 6) is -0.598. The third-order valence-electron chi connectivity index (χ3n) is 2.69. The van der Waals surface area contributed by atoms with Gasteiger partial charge in [0.15, 0.2) is 10.8 Å². The van der Waals surface area contributed by atoms with E-state index in [0.29, 0.717) is 5.13 Å². The van der Waals surface area contributed by atoms with Crippen LogP contribution in [-0.2, 0) is 10.9 Å². The number of methoxy groups -OCH3 is 1. The van der Waals surface area contributed by atoms with Crippen molar-refractivity contribution < 1.29 is 22.7 Å². The fourth-order valence-electron chi connectivity index (χ4n) is 1.66. The van der Waals surface area contributed by atoms with Crippen LogP contribution < -0.4 is 5.32 Å². The number of halogens is 3. The fraction of sp³-hybridized carbons (Fsp3) is 0.231. The van der Waals surface area contributed by atoms with Crippen LogP contribution in [0.2, 0.25) is 0 Å². The summed E-state index contributed by atoms with van der Waals surface area (Å²) in [5, 5.41) is 4.52. The number of benzene rings is 1. The summed E-state index contributed by atoms with van der Waals surface area (Å²) in [6.45, 7) is 1.39. The lowest BCUT2D eigenvalue weighted by Crippen LogP contribution is -2.08. The Labute approximate surface area is 122 Å². The van der Waals surface area contributed by atoms with Gasteiger partial charge in [-0.05, 0) is 24.6 Å². The summed E-state index contributed by atoms with van der Waals surface area (Å²) < 4.78 is 43.0. The van der Waals surface area contributed by atoms with Crippen LogP contribution in [0.25, 0.3) is 0 Å². The van der Waals surface area contributed by atoms with E-state index in [1.54, 1.807) is 0 Å². The summed E-state index contributed by atoms with van der Waals surface area (Å²) in [6, 6.07) is 3.90. The summed E-state index contributed by atoms with van der Waals surface area (Å²) in [6.07, 6.45) is -4.41. The molecule has 0 radical (unpaired) electrons. The fourth-order valence-corrected chi connectivity index (χ4v) is 2.36. The van der Waals surface area contributed by atoms with E-state index in [-0.39, 0.29) is 16.9 Å². The van der Waals surface area contributed by atoms with E-state index in [0.717, 1.165) is 17.4 Å². The lowest BCUT2D eigenvalue weighted by atomic mass is 10.1. The average Bonchev–Trinajstić information content (AvgIpc) is 2.87. The zero-order chi connectivity index (χ0) is 15.6. The molecule has 8 heteroatoms. The number of rotatable bonds is 3. The minimum Gasteiger partial charge on any atom is -0.464 e. The van der Waals surface area contributed by atoms with Crippen molar-refractivity contribution >= 4 is 28.1 Å². The van der Waals surface area contributed by atoms with Crippen LogP contribution in [0.1, 0.15) is 21.6 Å². The van der Waals surface area contributed by atoms with Crippen molar-refractivity contribution in [2.24, 2.45) is 0 Å². The number of nitrogens with one attached hydrogen (secondary N) is 1. The minimum absolute atomic E-state index is 0.105. The molecular weight excluding hydrogens is 305 g/mol. The van der Waals surface area contributed by atoms with Crippen LogP contribution in [0.15, 0.2) is 23.6 Å². The van der Waals surface area contributed by atoms with E-state index in [4.69, 9.17) is 0 Å². The summed E-state index contributed by atoms with van der Waals surface area (Å²) in [4.78, 5) is 15.2. The van der Waals surface area contributed by atoms with Gasteiger partial charge in [-0.3, -0.25) is 0 Å². The van der Waals surface area contributed by atoms with Crippen LogP contribution >= 0.6 is 11.3 Å². The van der Waals surface area contributed by atoms with E-state index < -0.39 is 17.7 Å². The predicted molar refractivity (Wildman–Crippen MR) is 72.9 cm³/mol. The van der Waals surface area contributed by atoms with Gasteiger partial charge in [-0.1, -0.05) is 6.07 Å². The molecule has 0 fully saturated rings. The number of anilines is 2. The highest BCUT2D eigenvalue weighted by Gasteiger charge is 2.32. The highest BCUT2D eigenvalue weighted by atomic mass is 32.1.